The maximum Gasteiger partial charge on any atom is 0.148 e. The molecule has 1 unspecified atom stereocenters. The highest BCUT2D eigenvalue weighted by Crippen LogP contribution is 2.57. The smallest absolute Gasteiger partial charge is 0.148 e. The van der Waals surface area contributed by atoms with Crippen molar-refractivity contribution in [2.24, 2.45) is 23.7 Å². The standard InChI is InChI=1S/C18H30O4S/c19-23(20,21)17(9-13-4-2-1-3-5-13)22-18-10-14-6-15(11-18)8-16(7-14)12-18/h13-17H,1-12H2,(H,19,20,21)/p-1. The lowest BCUT2D eigenvalue weighted by atomic mass is 9.54. The van der Waals surface area contributed by atoms with Crippen molar-refractivity contribution >= 4 is 10.1 Å². The Morgan fingerprint density at radius 1 is 0.957 bits per heavy atom. The van der Waals surface area contributed by atoms with Crippen molar-refractivity contribution in [1.82, 2.24) is 0 Å². The summed E-state index contributed by atoms with van der Waals surface area (Å²) in [5, 5.41) is 0. The molecule has 0 aromatic heterocycles. The molecule has 0 heterocycles. The Hall–Kier alpha value is -0.130. The summed E-state index contributed by atoms with van der Waals surface area (Å²) >= 11 is 0. The van der Waals surface area contributed by atoms with Gasteiger partial charge in [0, 0.05) is 0 Å². The molecule has 4 nitrogen and oxygen atoms in total. The second kappa shape index (κ2) is 5.99. The Bertz CT molecular complexity index is 500. The maximum absolute atomic E-state index is 11.8. The monoisotopic (exact) mass is 341 g/mol. The zero-order chi connectivity index (χ0) is 16.1. The van der Waals surface area contributed by atoms with Crippen LogP contribution in [0, 0.1) is 23.7 Å². The number of hydrogen-bond donors (Lipinski definition) is 0. The van der Waals surface area contributed by atoms with Gasteiger partial charge in [-0.05, 0) is 68.6 Å². The minimum atomic E-state index is -4.38. The van der Waals surface area contributed by atoms with Crippen molar-refractivity contribution in [2.75, 3.05) is 0 Å². The van der Waals surface area contributed by atoms with Gasteiger partial charge < -0.3 is 9.29 Å². The molecule has 0 aromatic carbocycles. The molecular formula is C18H29O4S-. The maximum atomic E-state index is 11.8. The quantitative estimate of drug-likeness (QED) is 0.713. The largest absolute Gasteiger partial charge is 0.746 e. The van der Waals surface area contributed by atoms with Crippen molar-refractivity contribution < 1.29 is 17.7 Å². The van der Waals surface area contributed by atoms with E-state index >= 15 is 0 Å². The Kier molecular flexibility index (Phi) is 4.26. The minimum Gasteiger partial charge on any atom is -0.746 e. The van der Waals surface area contributed by atoms with Crippen molar-refractivity contribution in [3.63, 3.8) is 0 Å². The molecule has 5 fully saturated rings. The van der Waals surface area contributed by atoms with Crippen molar-refractivity contribution in [2.45, 2.75) is 88.1 Å². The van der Waals surface area contributed by atoms with Gasteiger partial charge in [-0.2, -0.15) is 0 Å². The summed E-state index contributed by atoms with van der Waals surface area (Å²) in [5.41, 5.74) is -1.41. The Morgan fingerprint density at radius 3 is 1.96 bits per heavy atom. The fourth-order valence-electron chi connectivity index (χ4n) is 6.37. The molecule has 5 rings (SSSR count). The summed E-state index contributed by atoms with van der Waals surface area (Å²) in [6.07, 6.45) is 12.9. The summed E-state index contributed by atoms with van der Waals surface area (Å²) < 4.78 is 41.8. The Labute approximate surface area is 140 Å². The predicted molar refractivity (Wildman–Crippen MR) is 86.7 cm³/mol. The summed E-state index contributed by atoms with van der Waals surface area (Å²) in [6, 6.07) is 0. The fraction of sp³-hybridized carbons (Fsp3) is 1.00. The topological polar surface area (TPSA) is 66.4 Å². The SMILES string of the molecule is O=S(=O)([O-])C(CC1CCCCC1)OC12CC3CC(CC(C3)C1)C2. The summed E-state index contributed by atoms with van der Waals surface area (Å²) in [4.78, 5) is 0. The first-order valence-corrected chi connectivity index (χ1v) is 11.0. The van der Waals surface area contributed by atoms with Gasteiger partial charge in [0.1, 0.15) is 15.6 Å². The predicted octanol–water partition coefficient (Wildman–Crippen LogP) is 3.81. The summed E-state index contributed by atoms with van der Waals surface area (Å²) in [6.45, 7) is 0. The minimum absolute atomic E-state index is 0.300. The normalized spacial score (nSPS) is 42.0. The van der Waals surface area contributed by atoms with Gasteiger partial charge in [-0.25, -0.2) is 8.42 Å². The Balaban J connectivity index is 1.49. The van der Waals surface area contributed by atoms with Crippen LogP contribution in [0.15, 0.2) is 0 Å². The van der Waals surface area contributed by atoms with E-state index in [1.807, 2.05) is 0 Å². The van der Waals surface area contributed by atoms with E-state index in [0.29, 0.717) is 30.1 Å². The highest BCUT2D eigenvalue weighted by Gasteiger charge is 2.53. The highest BCUT2D eigenvalue weighted by atomic mass is 32.2. The van der Waals surface area contributed by atoms with Crippen LogP contribution in [0.25, 0.3) is 0 Å². The average Bonchev–Trinajstić information content (AvgIpc) is 2.45. The first kappa shape index (κ1) is 16.3. The van der Waals surface area contributed by atoms with Crippen LogP contribution in [0.3, 0.4) is 0 Å². The molecular weight excluding hydrogens is 312 g/mol. The molecule has 0 radical (unpaired) electrons. The highest BCUT2D eigenvalue weighted by molar-refractivity contribution is 7.86. The van der Waals surface area contributed by atoms with Crippen LogP contribution < -0.4 is 0 Å². The third-order valence-corrected chi connectivity index (χ3v) is 7.87. The molecule has 0 spiro atoms. The second-order valence-corrected chi connectivity index (χ2v) is 10.4. The van der Waals surface area contributed by atoms with Gasteiger partial charge in [-0.15, -0.1) is 0 Å². The average molecular weight is 341 g/mol. The van der Waals surface area contributed by atoms with Crippen LogP contribution >= 0.6 is 0 Å². The van der Waals surface area contributed by atoms with E-state index in [1.165, 1.54) is 25.7 Å². The molecule has 0 amide bonds. The zero-order valence-electron chi connectivity index (χ0n) is 13.9. The van der Waals surface area contributed by atoms with E-state index in [1.54, 1.807) is 0 Å². The number of rotatable bonds is 5. The van der Waals surface area contributed by atoms with Crippen LogP contribution in [-0.4, -0.2) is 24.0 Å². The van der Waals surface area contributed by atoms with E-state index in [4.69, 9.17) is 4.74 Å². The van der Waals surface area contributed by atoms with Gasteiger partial charge in [0.05, 0.1) is 5.60 Å². The fourth-order valence-corrected chi connectivity index (χ4v) is 7.20. The van der Waals surface area contributed by atoms with E-state index in [-0.39, 0.29) is 5.60 Å². The second-order valence-electron chi connectivity index (χ2n) is 8.88. The molecule has 23 heavy (non-hydrogen) atoms. The molecule has 132 valence electrons. The lowest BCUT2D eigenvalue weighted by Gasteiger charge is -2.57. The van der Waals surface area contributed by atoms with Crippen molar-refractivity contribution in [3.05, 3.63) is 0 Å². The molecule has 5 saturated carbocycles. The van der Waals surface area contributed by atoms with Gasteiger partial charge in [-0.1, -0.05) is 32.1 Å². The lowest BCUT2D eigenvalue weighted by Crippen LogP contribution is -2.54. The van der Waals surface area contributed by atoms with Crippen LogP contribution in [-0.2, 0) is 14.9 Å². The van der Waals surface area contributed by atoms with Crippen molar-refractivity contribution in [3.8, 4) is 0 Å². The molecule has 0 aliphatic heterocycles. The first-order chi connectivity index (χ1) is 10.9. The van der Waals surface area contributed by atoms with Crippen molar-refractivity contribution in [1.29, 1.82) is 0 Å². The van der Waals surface area contributed by atoms with E-state index in [2.05, 4.69) is 0 Å². The molecule has 5 heteroatoms. The lowest BCUT2D eigenvalue weighted by molar-refractivity contribution is -0.175. The Morgan fingerprint density at radius 2 is 1.48 bits per heavy atom. The molecule has 5 aliphatic carbocycles. The molecule has 4 bridgehead atoms. The van der Waals surface area contributed by atoms with Crippen LogP contribution in [0.1, 0.15) is 77.0 Å². The summed E-state index contributed by atoms with van der Waals surface area (Å²) in [7, 11) is -4.38. The van der Waals surface area contributed by atoms with Gasteiger partial charge in [0.25, 0.3) is 0 Å². The molecule has 0 N–H and O–H groups in total. The third kappa shape index (κ3) is 3.47. The van der Waals surface area contributed by atoms with Crippen LogP contribution in [0.4, 0.5) is 0 Å². The zero-order valence-corrected chi connectivity index (χ0v) is 14.7. The summed E-state index contributed by atoms with van der Waals surface area (Å²) in [5.74, 6) is 2.45. The first-order valence-electron chi connectivity index (χ1n) is 9.54. The number of hydrogen-bond acceptors (Lipinski definition) is 4. The van der Waals surface area contributed by atoms with E-state index in [9.17, 15) is 13.0 Å². The molecule has 0 saturated heterocycles. The van der Waals surface area contributed by atoms with E-state index < -0.39 is 15.6 Å². The van der Waals surface area contributed by atoms with Crippen LogP contribution in [0.5, 0.6) is 0 Å². The molecule has 5 aliphatic rings. The number of ether oxygens (including phenoxy) is 1. The van der Waals surface area contributed by atoms with Crippen LogP contribution in [0.2, 0.25) is 0 Å². The third-order valence-electron chi connectivity index (χ3n) is 6.94. The van der Waals surface area contributed by atoms with Gasteiger partial charge in [0.2, 0.25) is 0 Å². The molecule has 1 atom stereocenters. The van der Waals surface area contributed by atoms with Gasteiger partial charge in [0.15, 0.2) is 0 Å². The van der Waals surface area contributed by atoms with E-state index in [0.717, 1.165) is 44.9 Å². The van der Waals surface area contributed by atoms with Gasteiger partial charge in [-0.3, -0.25) is 0 Å². The van der Waals surface area contributed by atoms with Gasteiger partial charge >= 0.3 is 0 Å². The molecule has 0 aromatic rings.